The summed E-state index contributed by atoms with van der Waals surface area (Å²) >= 11 is 1.62. The minimum atomic E-state index is -0.000658. The van der Waals surface area contributed by atoms with E-state index < -0.39 is 0 Å². The van der Waals surface area contributed by atoms with Crippen molar-refractivity contribution in [1.29, 1.82) is 0 Å². The van der Waals surface area contributed by atoms with Crippen molar-refractivity contribution in [3.63, 3.8) is 0 Å². The second-order valence-corrected chi connectivity index (χ2v) is 8.42. The molecule has 0 radical (unpaired) electrons. The zero-order valence-electron chi connectivity index (χ0n) is 15.1. The Morgan fingerprint density at radius 3 is 2.81 bits per heavy atom. The molecule has 0 saturated carbocycles. The van der Waals surface area contributed by atoms with Crippen molar-refractivity contribution in [3.05, 3.63) is 57.8 Å². The smallest absolute Gasteiger partial charge is 0.233 e. The van der Waals surface area contributed by atoms with Crippen LogP contribution in [-0.2, 0) is 29.7 Å². The van der Waals surface area contributed by atoms with Crippen LogP contribution in [0, 0.1) is 0 Å². The van der Waals surface area contributed by atoms with Crippen LogP contribution in [0.4, 0.5) is 5.69 Å². The topological polar surface area (TPSA) is 63.9 Å². The van der Waals surface area contributed by atoms with Gasteiger partial charge in [0, 0.05) is 16.5 Å². The minimum absolute atomic E-state index is 0.000658. The molecule has 26 heavy (non-hydrogen) atoms. The van der Waals surface area contributed by atoms with Gasteiger partial charge in [0.2, 0.25) is 5.91 Å². The van der Waals surface area contributed by atoms with Crippen LogP contribution in [0.1, 0.15) is 42.7 Å². The molecule has 0 bridgehead atoms. The maximum absolute atomic E-state index is 13.1. The predicted octanol–water partition coefficient (Wildman–Crippen LogP) is 3.17. The Balaban J connectivity index is 1.63. The summed E-state index contributed by atoms with van der Waals surface area (Å²) in [6, 6.07) is 7.98. The summed E-state index contributed by atoms with van der Waals surface area (Å²) in [7, 11) is 0. The van der Waals surface area contributed by atoms with Crippen molar-refractivity contribution in [2.45, 2.75) is 45.7 Å². The van der Waals surface area contributed by atoms with E-state index >= 15 is 0 Å². The number of nitrogens with zero attached hydrogens (tertiary/aromatic N) is 5. The van der Waals surface area contributed by atoms with Gasteiger partial charge < -0.3 is 4.90 Å². The van der Waals surface area contributed by atoms with E-state index in [9.17, 15) is 4.79 Å². The van der Waals surface area contributed by atoms with Crippen molar-refractivity contribution in [2.75, 3.05) is 4.90 Å². The average Bonchev–Trinajstić information content (AvgIpc) is 3.20. The van der Waals surface area contributed by atoms with Gasteiger partial charge in [0.1, 0.15) is 0 Å². The number of rotatable bonds is 2. The lowest BCUT2D eigenvalue weighted by Gasteiger charge is -2.22. The molecule has 0 aliphatic carbocycles. The van der Waals surface area contributed by atoms with Crippen molar-refractivity contribution in [2.24, 2.45) is 0 Å². The number of hydrogen-bond acceptors (Lipinski definition) is 5. The number of carbonyl (C=O) groups excluding carboxylic acids is 1. The van der Waals surface area contributed by atoms with Crippen LogP contribution >= 0.6 is 11.3 Å². The van der Waals surface area contributed by atoms with E-state index in [-0.39, 0.29) is 11.3 Å². The molecule has 6 nitrogen and oxygen atoms in total. The molecule has 1 aromatic carbocycles. The number of amides is 1. The summed E-state index contributed by atoms with van der Waals surface area (Å²) in [6.45, 7) is 7.50. The molecule has 0 atom stereocenters. The molecule has 1 aliphatic heterocycles. The summed E-state index contributed by atoms with van der Waals surface area (Å²) in [5.41, 5.74) is 3.77. The third-order valence-electron chi connectivity index (χ3n) is 4.45. The fourth-order valence-corrected chi connectivity index (χ4v) is 3.96. The second-order valence-electron chi connectivity index (χ2n) is 7.56. The van der Waals surface area contributed by atoms with Crippen LogP contribution in [0.25, 0.3) is 0 Å². The van der Waals surface area contributed by atoms with E-state index in [2.05, 4.69) is 36.1 Å². The van der Waals surface area contributed by atoms with Crippen molar-refractivity contribution in [3.8, 4) is 0 Å². The zero-order valence-corrected chi connectivity index (χ0v) is 16.0. The van der Waals surface area contributed by atoms with Crippen LogP contribution < -0.4 is 4.90 Å². The summed E-state index contributed by atoms with van der Waals surface area (Å²) in [6.07, 6.45) is 2.02. The Morgan fingerprint density at radius 2 is 2.04 bits per heavy atom. The van der Waals surface area contributed by atoms with Gasteiger partial charge >= 0.3 is 0 Å². The molecule has 0 N–H and O–H groups in total. The second kappa shape index (κ2) is 6.32. The van der Waals surface area contributed by atoms with Gasteiger partial charge in [0.05, 0.1) is 42.1 Å². The number of benzene rings is 1. The molecule has 3 aromatic rings. The van der Waals surface area contributed by atoms with E-state index in [1.165, 1.54) is 0 Å². The van der Waals surface area contributed by atoms with Crippen LogP contribution in [0.15, 0.2) is 35.8 Å². The van der Waals surface area contributed by atoms with Crippen molar-refractivity contribution in [1.82, 2.24) is 20.0 Å². The first-order valence-corrected chi connectivity index (χ1v) is 9.50. The predicted molar refractivity (Wildman–Crippen MR) is 101 cm³/mol. The van der Waals surface area contributed by atoms with E-state index in [1.807, 2.05) is 39.2 Å². The van der Waals surface area contributed by atoms with E-state index in [4.69, 9.17) is 0 Å². The number of hydrogen-bond donors (Lipinski definition) is 0. The molecule has 4 rings (SSSR count). The molecular formula is C19H21N5OS. The number of thiazole rings is 1. The van der Waals surface area contributed by atoms with Crippen molar-refractivity contribution >= 4 is 22.9 Å². The Bertz CT molecular complexity index is 953. The Hall–Kier alpha value is -2.54. The lowest BCUT2D eigenvalue weighted by atomic mass is 9.98. The van der Waals surface area contributed by atoms with Gasteiger partial charge in [0.25, 0.3) is 0 Å². The molecular weight excluding hydrogens is 346 g/mol. The highest BCUT2D eigenvalue weighted by Crippen LogP contribution is 2.29. The fraction of sp³-hybridized carbons (Fsp3) is 0.368. The molecule has 2 aromatic heterocycles. The number of para-hydroxylation sites is 1. The van der Waals surface area contributed by atoms with E-state index in [1.54, 1.807) is 17.5 Å². The summed E-state index contributed by atoms with van der Waals surface area (Å²) < 4.78 is 1.85. The summed E-state index contributed by atoms with van der Waals surface area (Å²) in [5, 5.41) is 11.2. The first kappa shape index (κ1) is 16.9. The van der Waals surface area contributed by atoms with Gasteiger partial charge in [-0.1, -0.05) is 44.2 Å². The SMILES string of the molecule is CC(C)(C)c1nc(CC(=O)N2Cc3cnnn3Cc3ccccc32)cs1. The lowest BCUT2D eigenvalue weighted by Crippen LogP contribution is -2.32. The summed E-state index contributed by atoms with van der Waals surface area (Å²) in [5.74, 6) is 0.0397. The standard InChI is InChI=1S/C19H21N5OS/c1-19(2,3)18-21-14(12-26-18)8-17(25)23-11-15-9-20-22-24(15)10-13-6-4-5-7-16(13)23/h4-7,9,12H,8,10-11H2,1-3H3. The van der Waals surface area contributed by atoms with Crippen LogP contribution in [0.5, 0.6) is 0 Å². The van der Waals surface area contributed by atoms with Gasteiger partial charge in [0.15, 0.2) is 0 Å². The maximum Gasteiger partial charge on any atom is 0.233 e. The van der Waals surface area contributed by atoms with E-state index in [0.29, 0.717) is 19.5 Å². The molecule has 1 aliphatic rings. The van der Waals surface area contributed by atoms with Gasteiger partial charge in [-0.05, 0) is 11.6 Å². The first-order valence-electron chi connectivity index (χ1n) is 8.62. The molecule has 0 spiro atoms. The molecule has 7 heteroatoms. The Labute approximate surface area is 156 Å². The highest BCUT2D eigenvalue weighted by Gasteiger charge is 2.26. The van der Waals surface area contributed by atoms with Gasteiger partial charge in [-0.3, -0.25) is 4.79 Å². The molecule has 0 fully saturated rings. The molecule has 0 saturated heterocycles. The van der Waals surface area contributed by atoms with Crippen LogP contribution in [0.2, 0.25) is 0 Å². The van der Waals surface area contributed by atoms with E-state index in [0.717, 1.165) is 27.6 Å². The van der Waals surface area contributed by atoms with Crippen LogP contribution in [-0.4, -0.2) is 25.9 Å². The third-order valence-corrected chi connectivity index (χ3v) is 5.76. The highest BCUT2D eigenvalue weighted by molar-refractivity contribution is 7.09. The third kappa shape index (κ3) is 3.14. The molecule has 134 valence electrons. The lowest BCUT2D eigenvalue weighted by molar-refractivity contribution is -0.118. The minimum Gasteiger partial charge on any atom is -0.306 e. The monoisotopic (exact) mass is 367 g/mol. The quantitative estimate of drug-likeness (QED) is 0.698. The van der Waals surface area contributed by atoms with Gasteiger partial charge in [-0.15, -0.1) is 16.4 Å². The fourth-order valence-electron chi connectivity index (χ4n) is 3.06. The van der Waals surface area contributed by atoms with Crippen LogP contribution in [0.3, 0.4) is 0 Å². The van der Waals surface area contributed by atoms with Gasteiger partial charge in [-0.25, -0.2) is 9.67 Å². The molecule has 1 amide bonds. The number of fused-ring (bicyclic) bond motifs is 2. The number of aromatic nitrogens is 4. The molecule has 0 unspecified atom stereocenters. The highest BCUT2D eigenvalue weighted by atomic mass is 32.1. The number of carbonyl (C=O) groups is 1. The van der Waals surface area contributed by atoms with Crippen molar-refractivity contribution < 1.29 is 4.79 Å². The Kier molecular flexibility index (Phi) is 4.11. The normalized spacial score (nSPS) is 13.9. The maximum atomic E-state index is 13.1. The zero-order chi connectivity index (χ0) is 18.3. The Morgan fingerprint density at radius 1 is 1.23 bits per heavy atom. The first-order chi connectivity index (χ1) is 12.4. The largest absolute Gasteiger partial charge is 0.306 e. The average molecular weight is 367 g/mol. The molecule has 3 heterocycles. The van der Waals surface area contributed by atoms with Gasteiger partial charge in [-0.2, -0.15) is 0 Å². The number of anilines is 1. The summed E-state index contributed by atoms with van der Waals surface area (Å²) in [4.78, 5) is 19.6.